The molecule has 8 bridgehead atoms. The van der Waals surface area contributed by atoms with Gasteiger partial charge in [0.15, 0.2) is 23.3 Å². The van der Waals surface area contributed by atoms with E-state index >= 15 is 0 Å². The zero-order chi connectivity index (χ0) is 38.4. The first-order valence-electron chi connectivity index (χ1n) is 19.0. The van der Waals surface area contributed by atoms with Gasteiger partial charge in [-0.2, -0.15) is 0 Å². The molecule has 0 atom stereocenters. The number of rotatable bonds is 6. The predicted molar refractivity (Wildman–Crippen MR) is 228 cm³/mol. The third kappa shape index (κ3) is 6.31. The van der Waals surface area contributed by atoms with Crippen LogP contribution >= 0.6 is 0 Å². The number of hydrogen-bond acceptors (Lipinski definition) is 6. The maximum absolute atomic E-state index is 5.44. The van der Waals surface area contributed by atoms with Gasteiger partial charge in [-0.1, -0.05) is 170 Å². The fourth-order valence-corrected chi connectivity index (χ4v) is 7.49. The molecule has 8 aromatic rings. The molecular formula is C48H32CuN10. The molecule has 3 aliphatic rings. The molecule has 2 aromatic heterocycles. The van der Waals surface area contributed by atoms with Crippen molar-refractivity contribution in [2.45, 2.75) is 0 Å². The van der Waals surface area contributed by atoms with Gasteiger partial charge in [0, 0.05) is 22.5 Å². The summed E-state index contributed by atoms with van der Waals surface area (Å²) in [5.41, 5.74) is 8.09. The number of benzene rings is 6. The van der Waals surface area contributed by atoms with Crippen molar-refractivity contribution in [3.63, 3.8) is 0 Å². The van der Waals surface area contributed by atoms with E-state index in [2.05, 4.69) is 58.3 Å². The number of fused-ring (bicyclic) bond motifs is 10. The summed E-state index contributed by atoms with van der Waals surface area (Å²) in [6.07, 6.45) is 4.02. The topological polar surface area (TPSA) is 96.1 Å². The Bertz CT molecular complexity index is 2720. The SMILES string of the molecule is C1=C2[N-]C(=C(c3ccccc3)c3nc(nn3-c3ccccc3)C3=CN(c4ccccc4)C(=C(c4ccccc4)c4nc2nn4-c2ccccc2)[N-]3)N1c1ccccc1.[Cu+2]. The normalized spacial score (nSPS) is 14.2. The minimum atomic E-state index is 0. The van der Waals surface area contributed by atoms with Crippen LogP contribution in [-0.4, -0.2) is 29.5 Å². The summed E-state index contributed by atoms with van der Waals surface area (Å²) >= 11 is 0. The molecule has 0 unspecified atom stereocenters. The van der Waals surface area contributed by atoms with Crippen LogP contribution in [0.1, 0.15) is 34.4 Å². The zero-order valence-electron chi connectivity index (χ0n) is 31.2. The van der Waals surface area contributed by atoms with Gasteiger partial charge in [0.25, 0.3) is 0 Å². The first-order chi connectivity index (χ1) is 28.8. The minimum Gasteiger partial charge on any atom is -0.432 e. The van der Waals surface area contributed by atoms with E-state index < -0.39 is 0 Å². The Morgan fingerprint density at radius 1 is 0.356 bits per heavy atom. The summed E-state index contributed by atoms with van der Waals surface area (Å²) in [4.78, 5) is 15.0. The smallest absolute Gasteiger partial charge is 0.432 e. The van der Waals surface area contributed by atoms with Crippen molar-refractivity contribution in [1.82, 2.24) is 29.5 Å². The number of hydrogen-bond donors (Lipinski definition) is 0. The third-order valence-electron chi connectivity index (χ3n) is 10.2. The Hall–Kier alpha value is -7.72. The fourth-order valence-electron chi connectivity index (χ4n) is 7.49. The van der Waals surface area contributed by atoms with E-state index in [0.29, 0.717) is 46.3 Å². The van der Waals surface area contributed by atoms with Crippen LogP contribution in [0.5, 0.6) is 0 Å². The molecule has 6 aromatic carbocycles. The molecule has 0 aliphatic carbocycles. The molecule has 0 amide bonds. The summed E-state index contributed by atoms with van der Waals surface area (Å²) in [6, 6.07) is 61.0. The Balaban J connectivity index is 0.00000420. The van der Waals surface area contributed by atoms with Crippen molar-refractivity contribution < 1.29 is 17.1 Å². The zero-order valence-corrected chi connectivity index (χ0v) is 32.2. The molecular weight excluding hydrogens is 780 g/mol. The van der Waals surface area contributed by atoms with E-state index in [1.165, 1.54) is 0 Å². The van der Waals surface area contributed by atoms with Crippen LogP contribution in [0, 0.1) is 0 Å². The maximum atomic E-state index is 5.44. The first kappa shape index (κ1) is 35.7. The Labute approximate surface area is 351 Å². The van der Waals surface area contributed by atoms with E-state index in [1.807, 2.05) is 155 Å². The van der Waals surface area contributed by atoms with Crippen molar-refractivity contribution in [2.75, 3.05) is 9.80 Å². The molecule has 5 heterocycles. The molecule has 0 N–H and O–H groups in total. The summed E-state index contributed by atoms with van der Waals surface area (Å²) in [6.45, 7) is 0. The Morgan fingerprint density at radius 3 is 1.00 bits per heavy atom. The van der Waals surface area contributed by atoms with Crippen LogP contribution < -0.4 is 9.80 Å². The largest absolute Gasteiger partial charge is 2.00 e. The van der Waals surface area contributed by atoms with E-state index in [1.54, 1.807) is 0 Å². The second-order valence-electron chi connectivity index (χ2n) is 13.8. The molecule has 59 heavy (non-hydrogen) atoms. The van der Waals surface area contributed by atoms with Gasteiger partial charge < -0.3 is 20.4 Å². The van der Waals surface area contributed by atoms with Crippen LogP contribution in [0.25, 0.3) is 44.5 Å². The molecule has 0 spiro atoms. The van der Waals surface area contributed by atoms with Gasteiger partial charge in [-0.25, -0.2) is 19.3 Å². The number of aromatic nitrogens is 6. The van der Waals surface area contributed by atoms with Crippen molar-refractivity contribution in [2.24, 2.45) is 0 Å². The molecule has 0 saturated heterocycles. The predicted octanol–water partition coefficient (Wildman–Crippen LogP) is 10.4. The number of anilines is 2. The average molecular weight is 812 g/mol. The quantitative estimate of drug-likeness (QED) is 0.155. The van der Waals surface area contributed by atoms with Gasteiger partial charge in [-0.05, 0) is 58.4 Å². The van der Waals surface area contributed by atoms with E-state index in [4.69, 9.17) is 30.8 Å². The van der Waals surface area contributed by atoms with Gasteiger partial charge >= 0.3 is 17.1 Å². The molecule has 11 rings (SSSR count). The van der Waals surface area contributed by atoms with Crippen molar-refractivity contribution in [3.05, 3.63) is 251 Å². The standard InChI is InChI=1S/C48H32N10.Cu/c1-7-19-33(20-8-1)41-45-49-39(31-55(45)35-23-11-3-12-24-35)44-52-48(58(54-44)38-29-17-6-18-30-38)42(34-21-9-2-10-22-34)46-50-40(32-56(46)36-25-13-4-14-26-36)43-51-47(41)57(53-43)37-27-15-5-16-28-37;/h1-32H;/q-2;+2. The van der Waals surface area contributed by atoms with Gasteiger partial charge in [0.1, 0.15) is 0 Å². The third-order valence-corrected chi connectivity index (χ3v) is 10.2. The maximum Gasteiger partial charge on any atom is 2.00 e. The van der Waals surface area contributed by atoms with Crippen LogP contribution in [0.15, 0.2) is 206 Å². The van der Waals surface area contributed by atoms with Crippen molar-refractivity contribution >= 4 is 33.9 Å². The molecule has 1 radical (unpaired) electrons. The molecule has 285 valence electrons. The summed E-state index contributed by atoms with van der Waals surface area (Å²) in [5.74, 6) is 3.42. The van der Waals surface area contributed by atoms with Gasteiger partial charge in [-0.3, -0.25) is 0 Å². The summed E-state index contributed by atoms with van der Waals surface area (Å²) in [7, 11) is 0. The van der Waals surface area contributed by atoms with Crippen LogP contribution in [0.2, 0.25) is 0 Å². The van der Waals surface area contributed by atoms with Crippen molar-refractivity contribution in [1.29, 1.82) is 0 Å². The average Bonchev–Trinajstić information content (AvgIpc) is 4.12. The molecule has 10 nitrogen and oxygen atoms in total. The van der Waals surface area contributed by atoms with Crippen LogP contribution in [0.4, 0.5) is 11.4 Å². The van der Waals surface area contributed by atoms with Gasteiger partial charge in [-0.15, -0.1) is 10.2 Å². The van der Waals surface area contributed by atoms with E-state index in [-0.39, 0.29) is 17.1 Å². The molecule has 11 heteroatoms. The fraction of sp³-hybridized carbons (Fsp3) is 0. The van der Waals surface area contributed by atoms with E-state index in [0.717, 1.165) is 45.0 Å². The van der Waals surface area contributed by atoms with Gasteiger partial charge in [0.2, 0.25) is 0 Å². The number of para-hydroxylation sites is 4. The second-order valence-corrected chi connectivity index (χ2v) is 13.8. The Morgan fingerprint density at radius 2 is 0.661 bits per heavy atom. The minimum absolute atomic E-state index is 0. The molecule has 0 saturated carbocycles. The van der Waals surface area contributed by atoms with Crippen LogP contribution in [-0.2, 0) is 17.1 Å². The summed E-state index contributed by atoms with van der Waals surface area (Å²) < 4.78 is 3.79. The summed E-state index contributed by atoms with van der Waals surface area (Å²) in [5, 5.41) is 21.4. The molecule has 3 aliphatic heterocycles. The van der Waals surface area contributed by atoms with Crippen LogP contribution in [0.3, 0.4) is 0 Å². The Kier molecular flexibility index (Phi) is 9.06. The molecule has 0 fully saturated rings. The first-order valence-corrected chi connectivity index (χ1v) is 19.0. The van der Waals surface area contributed by atoms with E-state index in [9.17, 15) is 0 Å². The second kappa shape index (κ2) is 15.0. The number of nitrogens with zero attached hydrogens (tertiary/aromatic N) is 10. The van der Waals surface area contributed by atoms with Gasteiger partial charge in [0.05, 0.1) is 11.4 Å². The van der Waals surface area contributed by atoms with Crippen molar-refractivity contribution in [3.8, 4) is 11.4 Å². The monoisotopic (exact) mass is 811 g/mol.